The smallest absolute Gasteiger partial charge is 0.251 e. The third kappa shape index (κ3) is 3.70. The van der Waals surface area contributed by atoms with Crippen LogP contribution in [-0.4, -0.2) is 19.0 Å². The van der Waals surface area contributed by atoms with Gasteiger partial charge >= 0.3 is 0 Å². The molecule has 23 heavy (non-hydrogen) atoms. The number of hydrogen-bond acceptors (Lipinski definition) is 3. The lowest BCUT2D eigenvalue weighted by molar-refractivity contribution is 0.0951. The first-order valence-corrected chi connectivity index (χ1v) is 7.88. The van der Waals surface area contributed by atoms with Gasteiger partial charge in [-0.3, -0.25) is 4.79 Å². The summed E-state index contributed by atoms with van der Waals surface area (Å²) in [5.74, 6) is -0.161. The Bertz CT molecular complexity index is 725. The fraction of sp³-hybridized carbons (Fsp3) is 0.263. The van der Waals surface area contributed by atoms with Gasteiger partial charge in [0.2, 0.25) is 0 Å². The number of carbonyl (C=O) groups is 1. The van der Waals surface area contributed by atoms with Gasteiger partial charge in [-0.15, -0.1) is 0 Å². The number of nitrogens with one attached hydrogen (secondary N) is 1. The molecule has 1 amide bonds. The van der Waals surface area contributed by atoms with Crippen LogP contribution >= 0.6 is 0 Å². The number of hydrogen-bond donors (Lipinski definition) is 1. The van der Waals surface area contributed by atoms with Gasteiger partial charge in [0.1, 0.15) is 0 Å². The Kier molecular flexibility index (Phi) is 4.58. The van der Waals surface area contributed by atoms with Crippen molar-refractivity contribution < 1.29 is 4.79 Å². The third-order valence-electron chi connectivity index (χ3n) is 4.11. The Morgan fingerprint density at radius 2 is 1.87 bits per heavy atom. The molecule has 1 aliphatic rings. The molecule has 0 saturated carbocycles. The fourth-order valence-corrected chi connectivity index (χ4v) is 2.81. The molecule has 1 fully saturated rings. The number of nitrogens with zero attached hydrogens (tertiary/aromatic N) is 2. The molecule has 0 spiro atoms. The highest BCUT2D eigenvalue weighted by atomic mass is 16.1. The first kappa shape index (κ1) is 15.1. The lowest BCUT2D eigenvalue weighted by Gasteiger charge is -2.17. The van der Waals surface area contributed by atoms with Gasteiger partial charge in [-0.25, -0.2) is 0 Å². The van der Waals surface area contributed by atoms with Crippen LogP contribution in [0.3, 0.4) is 0 Å². The maximum Gasteiger partial charge on any atom is 0.251 e. The molecule has 3 rings (SSSR count). The first-order valence-electron chi connectivity index (χ1n) is 7.88. The van der Waals surface area contributed by atoms with E-state index in [-0.39, 0.29) is 5.91 Å². The van der Waals surface area contributed by atoms with Crippen LogP contribution in [-0.2, 0) is 6.54 Å². The van der Waals surface area contributed by atoms with E-state index in [2.05, 4.69) is 34.5 Å². The molecule has 1 N–H and O–H groups in total. The highest BCUT2D eigenvalue weighted by Crippen LogP contribution is 2.20. The van der Waals surface area contributed by atoms with Crippen molar-refractivity contribution in [3.63, 3.8) is 0 Å². The summed E-state index contributed by atoms with van der Waals surface area (Å²) < 4.78 is 0. The zero-order chi connectivity index (χ0) is 16.1. The summed E-state index contributed by atoms with van der Waals surface area (Å²) in [5, 5.41) is 11.8. The maximum absolute atomic E-state index is 12.1. The van der Waals surface area contributed by atoms with Crippen molar-refractivity contribution in [2.24, 2.45) is 0 Å². The number of anilines is 1. The Morgan fingerprint density at radius 3 is 2.57 bits per heavy atom. The quantitative estimate of drug-likeness (QED) is 0.944. The van der Waals surface area contributed by atoms with Crippen molar-refractivity contribution in [1.29, 1.82) is 5.26 Å². The molecule has 0 aromatic heterocycles. The van der Waals surface area contributed by atoms with Crippen LogP contribution in [0.15, 0.2) is 48.5 Å². The summed E-state index contributed by atoms with van der Waals surface area (Å²) in [6.45, 7) is 2.74. The zero-order valence-corrected chi connectivity index (χ0v) is 13.0. The summed E-state index contributed by atoms with van der Waals surface area (Å²) in [6.07, 6.45) is 2.53. The lowest BCUT2D eigenvalue weighted by atomic mass is 10.1. The van der Waals surface area contributed by atoms with Gasteiger partial charge in [0.15, 0.2) is 0 Å². The van der Waals surface area contributed by atoms with E-state index in [1.807, 2.05) is 6.07 Å². The van der Waals surface area contributed by atoms with Crippen molar-refractivity contribution in [2.75, 3.05) is 18.0 Å². The fourth-order valence-electron chi connectivity index (χ4n) is 2.81. The molecule has 1 heterocycles. The largest absolute Gasteiger partial charge is 0.372 e. The van der Waals surface area contributed by atoms with E-state index < -0.39 is 0 Å². The molecule has 0 atom stereocenters. The lowest BCUT2D eigenvalue weighted by Crippen LogP contribution is -2.23. The van der Waals surface area contributed by atoms with E-state index in [1.165, 1.54) is 18.5 Å². The first-order chi connectivity index (χ1) is 11.3. The molecule has 116 valence electrons. The van der Waals surface area contributed by atoms with Gasteiger partial charge in [0.05, 0.1) is 11.6 Å². The SMILES string of the molecule is N#Cc1cccc(C(=O)NCc2ccc(N3CCCC3)cc2)c1. The van der Waals surface area contributed by atoms with Crippen LogP contribution in [0.4, 0.5) is 5.69 Å². The Labute approximate surface area is 136 Å². The molecular weight excluding hydrogens is 286 g/mol. The molecule has 4 nitrogen and oxygen atoms in total. The van der Waals surface area contributed by atoms with Crippen molar-refractivity contribution >= 4 is 11.6 Å². The molecule has 2 aromatic rings. The summed E-state index contributed by atoms with van der Waals surface area (Å²) in [7, 11) is 0. The van der Waals surface area contributed by atoms with Gasteiger partial charge in [-0.2, -0.15) is 5.26 Å². The van der Waals surface area contributed by atoms with Gasteiger partial charge in [0.25, 0.3) is 5.91 Å². The minimum absolute atomic E-state index is 0.161. The normalized spacial score (nSPS) is 13.6. The van der Waals surface area contributed by atoms with Gasteiger partial charge in [0, 0.05) is 30.9 Å². The summed E-state index contributed by atoms with van der Waals surface area (Å²) in [6, 6.07) is 17.1. The van der Waals surface area contributed by atoms with Crippen molar-refractivity contribution in [3.8, 4) is 6.07 Å². The third-order valence-corrected chi connectivity index (χ3v) is 4.11. The highest BCUT2D eigenvalue weighted by Gasteiger charge is 2.12. The molecule has 0 radical (unpaired) electrons. The van der Waals surface area contributed by atoms with Gasteiger partial charge < -0.3 is 10.2 Å². The van der Waals surface area contributed by atoms with E-state index >= 15 is 0 Å². The predicted octanol–water partition coefficient (Wildman–Crippen LogP) is 3.09. The minimum atomic E-state index is -0.161. The highest BCUT2D eigenvalue weighted by molar-refractivity contribution is 5.94. The summed E-state index contributed by atoms with van der Waals surface area (Å²) in [5.41, 5.74) is 3.32. The Balaban J connectivity index is 1.59. The second-order valence-electron chi connectivity index (χ2n) is 5.74. The molecule has 2 aromatic carbocycles. The van der Waals surface area contributed by atoms with E-state index in [0.717, 1.165) is 18.7 Å². The van der Waals surface area contributed by atoms with E-state index in [4.69, 9.17) is 5.26 Å². The number of carbonyl (C=O) groups excluding carboxylic acids is 1. The Morgan fingerprint density at radius 1 is 1.13 bits per heavy atom. The minimum Gasteiger partial charge on any atom is -0.372 e. The van der Waals surface area contributed by atoms with Crippen molar-refractivity contribution in [1.82, 2.24) is 5.32 Å². The summed E-state index contributed by atoms with van der Waals surface area (Å²) >= 11 is 0. The second-order valence-corrected chi connectivity index (χ2v) is 5.74. The molecule has 0 bridgehead atoms. The molecular formula is C19H19N3O. The molecule has 1 aliphatic heterocycles. The topological polar surface area (TPSA) is 56.1 Å². The average Bonchev–Trinajstić information content (AvgIpc) is 3.15. The predicted molar refractivity (Wildman–Crippen MR) is 90.2 cm³/mol. The number of rotatable bonds is 4. The number of nitriles is 1. The van der Waals surface area contributed by atoms with Crippen LogP contribution < -0.4 is 10.2 Å². The Hall–Kier alpha value is -2.80. The van der Waals surface area contributed by atoms with Crippen LogP contribution in [0.5, 0.6) is 0 Å². The van der Waals surface area contributed by atoms with Gasteiger partial charge in [-0.1, -0.05) is 18.2 Å². The maximum atomic E-state index is 12.1. The monoisotopic (exact) mass is 305 g/mol. The van der Waals surface area contributed by atoms with Gasteiger partial charge in [-0.05, 0) is 48.7 Å². The van der Waals surface area contributed by atoms with E-state index in [0.29, 0.717) is 17.7 Å². The van der Waals surface area contributed by atoms with E-state index in [9.17, 15) is 4.79 Å². The average molecular weight is 305 g/mol. The van der Waals surface area contributed by atoms with Crippen molar-refractivity contribution in [3.05, 3.63) is 65.2 Å². The van der Waals surface area contributed by atoms with Crippen LogP contribution in [0, 0.1) is 11.3 Å². The van der Waals surface area contributed by atoms with Crippen LogP contribution in [0.2, 0.25) is 0 Å². The molecule has 0 aliphatic carbocycles. The number of amides is 1. The molecule has 1 saturated heterocycles. The standard InChI is InChI=1S/C19H19N3O/c20-13-16-4-3-5-17(12-16)19(23)21-14-15-6-8-18(9-7-15)22-10-1-2-11-22/h3-9,12H,1-2,10-11,14H2,(H,21,23). The second kappa shape index (κ2) is 6.97. The number of benzene rings is 2. The van der Waals surface area contributed by atoms with E-state index in [1.54, 1.807) is 24.3 Å². The molecule has 0 unspecified atom stereocenters. The van der Waals surface area contributed by atoms with Crippen LogP contribution in [0.25, 0.3) is 0 Å². The van der Waals surface area contributed by atoms with Crippen molar-refractivity contribution in [2.45, 2.75) is 19.4 Å². The summed E-state index contributed by atoms with van der Waals surface area (Å²) in [4.78, 5) is 14.5. The zero-order valence-electron chi connectivity index (χ0n) is 13.0. The van der Waals surface area contributed by atoms with Crippen LogP contribution in [0.1, 0.15) is 34.3 Å². The molecule has 4 heteroatoms.